The summed E-state index contributed by atoms with van der Waals surface area (Å²) in [5.74, 6) is 0.768. The van der Waals surface area contributed by atoms with Gasteiger partial charge in [0.2, 0.25) is 5.91 Å². The fourth-order valence-corrected chi connectivity index (χ4v) is 3.50. The molecule has 4 nitrogen and oxygen atoms in total. The molecule has 7 heteroatoms. The number of benzene rings is 1. The molecule has 2 aromatic rings. The molecule has 1 aromatic carbocycles. The van der Waals surface area contributed by atoms with Crippen molar-refractivity contribution in [2.24, 2.45) is 0 Å². The van der Waals surface area contributed by atoms with Crippen LogP contribution in [0.25, 0.3) is 0 Å². The van der Waals surface area contributed by atoms with Crippen molar-refractivity contribution >= 4 is 40.9 Å². The van der Waals surface area contributed by atoms with Crippen LogP contribution in [0.4, 0.5) is 0 Å². The van der Waals surface area contributed by atoms with Crippen LogP contribution in [0.1, 0.15) is 12.2 Å². The van der Waals surface area contributed by atoms with E-state index in [9.17, 15) is 4.79 Å². The van der Waals surface area contributed by atoms with Gasteiger partial charge in [-0.1, -0.05) is 29.3 Å². The smallest absolute Gasteiger partial charge is 0.233 e. The summed E-state index contributed by atoms with van der Waals surface area (Å²) in [7, 11) is 0. The summed E-state index contributed by atoms with van der Waals surface area (Å²) in [5, 5.41) is 9.79. The number of nitrogens with zero attached hydrogens (tertiary/aromatic N) is 2. The molecule has 0 saturated heterocycles. The fourth-order valence-electron chi connectivity index (χ4n) is 1.91. The normalized spacial score (nSPS) is 10.3. The van der Waals surface area contributed by atoms with Crippen molar-refractivity contribution in [2.45, 2.75) is 17.9 Å². The monoisotopic (exact) mass is 368 g/mol. The second-order valence-electron chi connectivity index (χ2n) is 4.64. The number of carbonyl (C=O) groups is 1. The molecule has 1 amide bonds. The Morgan fingerprint density at radius 3 is 2.61 bits per heavy atom. The molecule has 2 rings (SSSR count). The Bertz CT molecular complexity index is 678. The van der Waals surface area contributed by atoms with Crippen molar-refractivity contribution in [1.82, 2.24) is 4.90 Å². The zero-order valence-corrected chi connectivity index (χ0v) is 14.5. The number of halogens is 2. The van der Waals surface area contributed by atoms with Crippen LogP contribution < -0.4 is 0 Å². The standard InChI is InChI=1S/C16H14Cl2N2O2S/c17-13-5-1-6-14(18)16(13)23-11-15(21)20(8-3-7-19)10-12-4-2-9-22-12/h1-2,4-6,9H,3,8,10-11H2. The molecular formula is C16H14Cl2N2O2S. The van der Waals surface area contributed by atoms with Crippen LogP contribution >= 0.6 is 35.0 Å². The van der Waals surface area contributed by atoms with Gasteiger partial charge >= 0.3 is 0 Å². The highest BCUT2D eigenvalue weighted by atomic mass is 35.5. The number of amides is 1. The maximum atomic E-state index is 12.4. The quantitative estimate of drug-likeness (QED) is 0.668. The third-order valence-electron chi connectivity index (χ3n) is 3.03. The third-order valence-corrected chi connectivity index (χ3v) is 5.01. The van der Waals surface area contributed by atoms with Crippen LogP contribution in [0.15, 0.2) is 45.9 Å². The molecule has 0 aliphatic rings. The van der Waals surface area contributed by atoms with E-state index in [2.05, 4.69) is 6.07 Å². The number of nitriles is 1. The molecular weight excluding hydrogens is 355 g/mol. The minimum atomic E-state index is -0.0994. The first-order chi connectivity index (χ1) is 11.1. The van der Waals surface area contributed by atoms with E-state index in [1.165, 1.54) is 11.8 Å². The molecule has 0 radical (unpaired) electrons. The number of thioether (sulfide) groups is 1. The molecule has 120 valence electrons. The Morgan fingerprint density at radius 1 is 1.26 bits per heavy atom. The molecule has 1 aromatic heterocycles. The fraction of sp³-hybridized carbons (Fsp3) is 0.250. The van der Waals surface area contributed by atoms with Gasteiger partial charge in [0.15, 0.2) is 0 Å². The summed E-state index contributed by atoms with van der Waals surface area (Å²) >= 11 is 13.5. The van der Waals surface area contributed by atoms with Crippen LogP contribution in [0.2, 0.25) is 10.0 Å². The summed E-state index contributed by atoms with van der Waals surface area (Å²) in [5.41, 5.74) is 0. The lowest BCUT2D eigenvalue weighted by Gasteiger charge is -2.20. The van der Waals surface area contributed by atoms with Gasteiger partial charge in [0.1, 0.15) is 5.76 Å². The van der Waals surface area contributed by atoms with Crippen molar-refractivity contribution in [3.8, 4) is 6.07 Å². The third kappa shape index (κ3) is 5.21. The zero-order chi connectivity index (χ0) is 16.7. The van der Waals surface area contributed by atoms with E-state index in [4.69, 9.17) is 32.9 Å². The first kappa shape index (κ1) is 17.7. The molecule has 0 aliphatic carbocycles. The first-order valence-electron chi connectivity index (χ1n) is 6.85. The molecule has 0 N–H and O–H groups in total. The Labute approximate surface area is 149 Å². The predicted octanol–water partition coefficient (Wildman–Crippen LogP) is 4.62. The molecule has 0 spiro atoms. The van der Waals surface area contributed by atoms with Crippen LogP contribution in [0.3, 0.4) is 0 Å². The maximum absolute atomic E-state index is 12.4. The highest BCUT2D eigenvalue weighted by molar-refractivity contribution is 8.00. The molecule has 0 bridgehead atoms. The van der Waals surface area contributed by atoms with Gasteiger partial charge < -0.3 is 9.32 Å². The van der Waals surface area contributed by atoms with Crippen LogP contribution in [-0.4, -0.2) is 23.1 Å². The van der Waals surface area contributed by atoms with Gasteiger partial charge in [-0.3, -0.25) is 4.79 Å². The van der Waals surface area contributed by atoms with E-state index in [-0.39, 0.29) is 18.1 Å². The van der Waals surface area contributed by atoms with Crippen LogP contribution in [0, 0.1) is 11.3 Å². The summed E-state index contributed by atoms with van der Waals surface area (Å²) in [6.45, 7) is 0.692. The SMILES string of the molecule is N#CCCN(Cc1ccco1)C(=O)CSc1c(Cl)cccc1Cl. The topological polar surface area (TPSA) is 57.2 Å². The summed E-state index contributed by atoms with van der Waals surface area (Å²) in [4.78, 5) is 14.7. The van der Waals surface area contributed by atoms with Gasteiger partial charge in [-0.25, -0.2) is 0 Å². The summed E-state index contributed by atoms with van der Waals surface area (Å²) < 4.78 is 5.27. The first-order valence-corrected chi connectivity index (χ1v) is 8.60. The Balaban J connectivity index is 2.01. The van der Waals surface area contributed by atoms with Crippen molar-refractivity contribution in [3.63, 3.8) is 0 Å². The highest BCUT2D eigenvalue weighted by Gasteiger charge is 2.17. The number of hydrogen-bond acceptors (Lipinski definition) is 4. The predicted molar refractivity (Wildman–Crippen MR) is 91.5 cm³/mol. The molecule has 23 heavy (non-hydrogen) atoms. The zero-order valence-electron chi connectivity index (χ0n) is 12.2. The highest BCUT2D eigenvalue weighted by Crippen LogP contribution is 2.33. The van der Waals surface area contributed by atoms with Gasteiger partial charge in [0, 0.05) is 11.4 Å². The molecule has 0 saturated carbocycles. The minimum absolute atomic E-state index is 0.0994. The summed E-state index contributed by atoms with van der Waals surface area (Å²) in [6.07, 6.45) is 1.82. The number of furan rings is 1. The van der Waals surface area contributed by atoms with Gasteiger partial charge in [-0.2, -0.15) is 5.26 Å². The van der Waals surface area contributed by atoms with Gasteiger partial charge in [-0.15, -0.1) is 11.8 Å². The molecule has 1 heterocycles. The van der Waals surface area contributed by atoms with Gasteiger partial charge in [-0.05, 0) is 24.3 Å². The lowest BCUT2D eigenvalue weighted by molar-refractivity contribution is -0.129. The Kier molecular flexibility index (Phi) is 6.85. The number of hydrogen-bond donors (Lipinski definition) is 0. The van der Waals surface area contributed by atoms with Gasteiger partial charge in [0.25, 0.3) is 0 Å². The van der Waals surface area contributed by atoms with E-state index < -0.39 is 0 Å². The summed E-state index contributed by atoms with van der Waals surface area (Å²) in [6, 6.07) is 10.8. The second-order valence-corrected chi connectivity index (χ2v) is 6.44. The molecule has 0 atom stereocenters. The molecule has 0 aliphatic heterocycles. The second kappa shape index (κ2) is 8.88. The average molecular weight is 369 g/mol. The van der Waals surface area contributed by atoms with Crippen LogP contribution in [0.5, 0.6) is 0 Å². The van der Waals surface area contributed by atoms with Crippen molar-refractivity contribution in [3.05, 3.63) is 52.4 Å². The van der Waals surface area contributed by atoms with Crippen LogP contribution in [-0.2, 0) is 11.3 Å². The largest absolute Gasteiger partial charge is 0.467 e. The van der Waals surface area contributed by atoms with E-state index >= 15 is 0 Å². The lowest BCUT2D eigenvalue weighted by Crippen LogP contribution is -2.32. The molecule has 0 unspecified atom stereocenters. The van der Waals surface area contributed by atoms with Crippen molar-refractivity contribution in [2.75, 3.05) is 12.3 Å². The van der Waals surface area contributed by atoms with Crippen molar-refractivity contribution in [1.29, 1.82) is 5.26 Å². The lowest BCUT2D eigenvalue weighted by atomic mass is 10.3. The minimum Gasteiger partial charge on any atom is -0.467 e. The Hall–Kier alpha value is -1.61. The van der Waals surface area contributed by atoms with E-state index in [1.54, 1.807) is 41.5 Å². The maximum Gasteiger partial charge on any atom is 0.233 e. The molecule has 0 fully saturated rings. The van der Waals surface area contributed by atoms with E-state index in [1.807, 2.05) is 0 Å². The Morgan fingerprint density at radius 2 is 2.00 bits per heavy atom. The van der Waals surface area contributed by atoms with Crippen molar-refractivity contribution < 1.29 is 9.21 Å². The number of carbonyl (C=O) groups excluding carboxylic acids is 1. The van der Waals surface area contributed by atoms with E-state index in [0.29, 0.717) is 33.8 Å². The number of rotatable bonds is 7. The average Bonchev–Trinajstić information content (AvgIpc) is 3.03. The van der Waals surface area contributed by atoms with Gasteiger partial charge in [0.05, 0.1) is 41.1 Å². The van der Waals surface area contributed by atoms with E-state index in [0.717, 1.165) is 0 Å².